The van der Waals surface area contributed by atoms with E-state index in [1.54, 1.807) is 12.1 Å². The third kappa shape index (κ3) is 3.83. The maximum Gasteiger partial charge on any atom is 0.267 e. The quantitative estimate of drug-likeness (QED) is 0.587. The number of nitrogens with one attached hydrogen (secondary N) is 1. The molecule has 3 aromatic rings. The highest BCUT2D eigenvalue weighted by molar-refractivity contribution is 5.88. The van der Waals surface area contributed by atoms with Crippen molar-refractivity contribution >= 4 is 17.0 Å². The first-order valence-electron chi connectivity index (χ1n) is 12.3. The predicted octanol–water partition coefficient (Wildman–Crippen LogP) is 4.30. The summed E-state index contributed by atoms with van der Waals surface area (Å²) in [4.78, 5) is 30.1. The number of nitrogens with zero attached hydrogens (tertiary/aromatic N) is 3. The zero-order valence-corrected chi connectivity index (χ0v) is 19.3. The van der Waals surface area contributed by atoms with Gasteiger partial charge in [-0.25, -0.2) is 9.37 Å². The number of rotatable bonds is 6. The molecule has 4 aliphatic rings. The molecular weight excluding hydrogens is 435 g/mol. The van der Waals surface area contributed by atoms with Gasteiger partial charge in [-0.1, -0.05) is 17.3 Å². The van der Waals surface area contributed by atoms with Crippen LogP contribution in [0, 0.1) is 29.0 Å². The Morgan fingerprint density at radius 1 is 1.24 bits per heavy atom. The van der Waals surface area contributed by atoms with Crippen LogP contribution in [0.1, 0.15) is 51.9 Å². The van der Waals surface area contributed by atoms with Crippen molar-refractivity contribution in [3.8, 4) is 11.3 Å². The van der Waals surface area contributed by atoms with Crippen molar-refractivity contribution in [2.24, 2.45) is 23.2 Å². The standard InChI is InChI=1S/C26H29FN4O3/c1-15(9-26-10-16-5-17(11-26)7-18(6-16)12-26)29-21(32)13-31-14-28-24-22(25(31)33)23(30-34-24)19-3-2-4-20(27)8-19/h2-4,8,14-18H,5-7,9-13H2,1H3,(H,29,32)/t15-,16?,17?,18?,26?/m1/s1. The van der Waals surface area contributed by atoms with Crippen LogP contribution < -0.4 is 10.9 Å². The summed E-state index contributed by atoms with van der Waals surface area (Å²) >= 11 is 0. The molecular formula is C26H29FN4O3. The Hall–Kier alpha value is -3.03. The molecule has 0 radical (unpaired) electrons. The van der Waals surface area contributed by atoms with E-state index in [-0.39, 0.29) is 35.3 Å². The van der Waals surface area contributed by atoms with Gasteiger partial charge in [0.25, 0.3) is 11.3 Å². The van der Waals surface area contributed by atoms with E-state index in [0.717, 1.165) is 24.2 Å². The van der Waals surface area contributed by atoms with Crippen LogP contribution in [0.25, 0.3) is 22.4 Å². The molecule has 8 heteroatoms. The molecule has 4 saturated carbocycles. The van der Waals surface area contributed by atoms with Crippen LogP contribution in [0.15, 0.2) is 39.9 Å². The van der Waals surface area contributed by atoms with Gasteiger partial charge < -0.3 is 9.84 Å². The molecule has 1 amide bonds. The second kappa shape index (κ2) is 8.03. The van der Waals surface area contributed by atoms with Crippen LogP contribution in [-0.4, -0.2) is 26.7 Å². The average Bonchev–Trinajstić information content (AvgIpc) is 3.19. The largest absolute Gasteiger partial charge is 0.352 e. The normalized spacial score (nSPS) is 28.4. The Balaban J connectivity index is 1.17. The van der Waals surface area contributed by atoms with Crippen LogP contribution in [0.5, 0.6) is 0 Å². The fourth-order valence-electron chi connectivity index (χ4n) is 7.54. The molecule has 7 rings (SSSR count). The van der Waals surface area contributed by atoms with Crippen LogP contribution >= 0.6 is 0 Å². The molecule has 2 heterocycles. The first kappa shape index (κ1) is 21.5. The maximum atomic E-state index is 13.7. The summed E-state index contributed by atoms with van der Waals surface area (Å²) in [7, 11) is 0. The molecule has 2 aromatic heterocycles. The smallest absolute Gasteiger partial charge is 0.267 e. The highest BCUT2D eigenvalue weighted by Gasteiger charge is 2.51. The van der Waals surface area contributed by atoms with Gasteiger partial charge in [-0.15, -0.1) is 0 Å². The van der Waals surface area contributed by atoms with Crippen LogP contribution in [0.3, 0.4) is 0 Å². The predicted molar refractivity (Wildman–Crippen MR) is 124 cm³/mol. The van der Waals surface area contributed by atoms with Crippen LogP contribution in [0.2, 0.25) is 0 Å². The number of halogens is 1. The fourth-order valence-corrected chi connectivity index (χ4v) is 7.54. The number of hydrogen-bond donors (Lipinski definition) is 1. The minimum Gasteiger partial charge on any atom is -0.352 e. The first-order chi connectivity index (χ1) is 16.4. The van der Waals surface area contributed by atoms with Crippen molar-refractivity contribution in [2.45, 2.75) is 64.5 Å². The van der Waals surface area contributed by atoms with Gasteiger partial charge in [-0.3, -0.25) is 14.2 Å². The topological polar surface area (TPSA) is 90.0 Å². The van der Waals surface area contributed by atoms with E-state index >= 15 is 0 Å². The van der Waals surface area contributed by atoms with Gasteiger partial charge in [0, 0.05) is 11.6 Å². The van der Waals surface area contributed by atoms with Gasteiger partial charge >= 0.3 is 0 Å². The molecule has 7 nitrogen and oxygen atoms in total. The number of carbonyl (C=O) groups excluding carboxylic acids is 1. The highest BCUT2D eigenvalue weighted by atomic mass is 19.1. The summed E-state index contributed by atoms with van der Waals surface area (Å²) in [5.41, 5.74) is 0.646. The molecule has 178 valence electrons. The maximum absolute atomic E-state index is 13.7. The van der Waals surface area contributed by atoms with Crippen molar-refractivity contribution in [3.63, 3.8) is 0 Å². The fraction of sp³-hybridized carbons (Fsp3) is 0.538. The number of hydrogen-bond acceptors (Lipinski definition) is 5. The third-order valence-electron chi connectivity index (χ3n) is 8.19. The Labute approximate surface area is 196 Å². The number of carbonyl (C=O) groups is 1. The monoisotopic (exact) mass is 464 g/mol. The van der Waals surface area contributed by atoms with Crippen molar-refractivity contribution < 1.29 is 13.7 Å². The lowest BCUT2D eigenvalue weighted by atomic mass is 9.48. The molecule has 0 saturated heterocycles. The minimum atomic E-state index is -0.440. The van der Waals surface area contributed by atoms with E-state index in [1.165, 1.54) is 61.6 Å². The molecule has 0 spiro atoms. The Kier molecular flexibility index (Phi) is 5.08. The number of benzene rings is 1. The highest BCUT2D eigenvalue weighted by Crippen LogP contribution is 2.61. The second-order valence-corrected chi connectivity index (χ2v) is 11.0. The van der Waals surface area contributed by atoms with E-state index in [2.05, 4.69) is 22.4 Å². The second-order valence-electron chi connectivity index (χ2n) is 11.0. The van der Waals surface area contributed by atoms with Crippen molar-refractivity contribution in [1.82, 2.24) is 20.0 Å². The van der Waals surface area contributed by atoms with Gasteiger partial charge in [0.15, 0.2) is 0 Å². The molecule has 1 aromatic carbocycles. The van der Waals surface area contributed by atoms with Crippen LogP contribution in [0.4, 0.5) is 4.39 Å². The SMILES string of the molecule is C[C@H](CC12CC3CC(CC(C3)C1)C2)NC(=O)Cn1cnc2onc(-c3cccc(F)c3)c2c1=O. The first-order valence-corrected chi connectivity index (χ1v) is 12.3. The molecule has 1 N–H and O–H groups in total. The van der Waals surface area contributed by atoms with Gasteiger partial charge in [0.2, 0.25) is 5.91 Å². The van der Waals surface area contributed by atoms with Crippen molar-refractivity contribution in [2.75, 3.05) is 0 Å². The summed E-state index contributed by atoms with van der Waals surface area (Å²) in [5.74, 6) is 1.97. The van der Waals surface area contributed by atoms with Gasteiger partial charge in [-0.2, -0.15) is 0 Å². The number of fused-ring (bicyclic) bond motifs is 1. The Bertz CT molecular complexity index is 1280. The lowest BCUT2D eigenvalue weighted by Gasteiger charge is -2.57. The van der Waals surface area contributed by atoms with Crippen molar-refractivity contribution in [3.05, 3.63) is 46.8 Å². The molecule has 1 atom stereocenters. The molecule has 4 fully saturated rings. The zero-order valence-electron chi connectivity index (χ0n) is 19.3. The molecule has 34 heavy (non-hydrogen) atoms. The van der Waals surface area contributed by atoms with Gasteiger partial charge in [0.05, 0.1) is 0 Å². The summed E-state index contributed by atoms with van der Waals surface area (Å²) in [6, 6.07) is 5.84. The molecule has 4 bridgehead atoms. The molecule has 0 unspecified atom stereocenters. The summed E-state index contributed by atoms with van der Waals surface area (Å²) in [6.07, 6.45) is 10.4. The Morgan fingerprint density at radius 3 is 2.62 bits per heavy atom. The van der Waals surface area contributed by atoms with Gasteiger partial charge in [-0.05, 0) is 87.2 Å². The summed E-state index contributed by atoms with van der Waals surface area (Å²) < 4.78 is 20.1. The van der Waals surface area contributed by atoms with E-state index in [1.807, 2.05) is 0 Å². The summed E-state index contributed by atoms with van der Waals surface area (Å²) in [6.45, 7) is 1.93. The molecule has 0 aliphatic heterocycles. The average molecular weight is 465 g/mol. The lowest BCUT2D eigenvalue weighted by molar-refractivity contribution is -0.123. The van der Waals surface area contributed by atoms with E-state index in [0.29, 0.717) is 11.0 Å². The van der Waals surface area contributed by atoms with Crippen LogP contribution in [-0.2, 0) is 11.3 Å². The third-order valence-corrected chi connectivity index (χ3v) is 8.19. The molecule has 4 aliphatic carbocycles. The Morgan fingerprint density at radius 2 is 1.94 bits per heavy atom. The number of aromatic nitrogens is 3. The summed E-state index contributed by atoms with van der Waals surface area (Å²) in [5, 5.41) is 7.17. The van der Waals surface area contributed by atoms with E-state index < -0.39 is 11.4 Å². The van der Waals surface area contributed by atoms with E-state index in [9.17, 15) is 14.0 Å². The van der Waals surface area contributed by atoms with E-state index in [4.69, 9.17) is 4.52 Å². The number of amides is 1. The zero-order chi connectivity index (χ0) is 23.4. The van der Waals surface area contributed by atoms with Gasteiger partial charge in [0.1, 0.15) is 29.8 Å². The van der Waals surface area contributed by atoms with Crippen molar-refractivity contribution in [1.29, 1.82) is 0 Å². The lowest BCUT2D eigenvalue weighted by Crippen LogP contribution is -2.49. The minimum absolute atomic E-state index is 0.0505.